The molecule has 5 heteroatoms. The second-order valence-electron chi connectivity index (χ2n) is 3.56. The zero-order valence-electron chi connectivity index (χ0n) is 9.08. The van der Waals surface area contributed by atoms with E-state index in [0.717, 1.165) is 18.2 Å². The van der Waals surface area contributed by atoms with Gasteiger partial charge in [0.1, 0.15) is 11.6 Å². The van der Waals surface area contributed by atoms with Crippen molar-refractivity contribution in [3.8, 4) is 0 Å². The standard InChI is InChI=1S/C13H8BrF2NO/c14-10-3-1-2-4-12(10)17-13(18)9-7-8(15)5-6-11(9)16/h1-7H,(H,17,18). The van der Waals surface area contributed by atoms with E-state index in [1.54, 1.807) is 24.3 Å². The van der Waals surface area contributed by atoms with Crippen LogP contribution in [0.25, 0.3) is 0 Å². The summed E-state index contributed by atoms with van der Waals surface area (Å²) in [6.07, 6.45) is 0. The summed E-state index contributed by atoms with van der Waals surface area (Å²) in [6.45, 7) is 0. The van der Waals surface area contributed by atoms with E-state index in [-0.39, 0.29) is 5.56 Å². The van der Waals surface area contributed by atoms with Crippen molar-refractivity contribution < 1.29 is 13.6 Å². The monoisotopic (exact) mass is 311 g/mol. The highest BCUT2D eigenvalue weighted by Crippen LogP contribution is 2.22. The van der Waals surface area contributed by atoms with Crippen LogP contribution in [0.1, 0.15) is 10.4 Å². The highest BCUT2D eigenvalue weighted by atomic mass is 79.9. The van der Waals surface area contributed by atoms with E-state index in [0.29, 0.717) is 10.2 Å². The average Bonchev–Trinajstić information content (AvgIpc) is 2.35. The number of benzene rings is 2. The molecular formula is C13H8BrF2NO. The number of rotatable bonds is 2. The van der Waals surface area contributed by atoms with Crippen LogP contribution in [-0.2, 0) is 0 Å². The summed E-state index contributed by atoms with van der Waals surface area (Å²) >= 11 is 3.25. The maximum absolute atomic E-state index is 13.4. The summed E-state index contributed by atoms with van der Waals surface area (Å²) in [5.74, 6) is -2.12. The predicted molar refractivity (Wildman–Crippen MR) is 68.5 cm³/mol. The minimum Gasteiger partial charge on any atom is -0.321 e. The molecular weight excluding hydrogens is 304 g/mol. The summed E-state index contributed by atoms with van der Waals surface area (Å²) in [4.78, 5) is 11.8. The lowest BCUT2D eigenvalue weighted by Gasteiger charge is -2.07. The van der Waals surface area contributed by atoms with Gasteiger partial charge in [0.25, 0.3) is 5.91 Å². The number of para-hydroxylation sites is 1. The van der Waals surface area contributed by atoms with Gasteiger partial charge >= 0.3 is 0 Å². The van der Waals surface area contributed by atoms with E-state index >= 15 is 0 Å². The lowest BCUT2D eigenvalue weighted by atomic mass is 10.2. The first-order valence-electron chi connectivity index (χ1n) is 5.09. The number of hydrogen-bond donors (Lipinski definition) is 1. The third-order valence-corrected chi connectivity index (χ3v) is 2.99. The Morgan fingerprint density at radius 3 is 2.56 bits per heavy atom. The lowest BCUT2D eigenvalue weighted by Crippen LogP contribution is -2.14. The summed E-state index contributed by atoms with van der Waals surface area (Å²) in [5.41, 5.74) is 0.164. The number of anilines is 1. The molecule has 0 aliphatic carbocycles. The molecule has 0 saturated heterocycles. The Hall–Kier alpha value is -1.75. The number of halogens is 3. The van der Waals surface area contributed by atoms with Crippen LogP contribution >= 0.6 is 15.9 Å². The van der Waals surface area contributed by atoms with Gasteiger partial charge in [-0.1, -0.05) is 12.1 Å². The highest BCUT2D eigenvalue weighted by Gasteiger charge is 2.13. The van der Waals surface area contributed by atoms with Gasteiger partial charge in [0.05, 0.1) is 11.3 Å². The molecule has 0 aliphatic rings. The van der Waals surface area contributed by atoms with Crippen LogP contribution in [0.2, 0.25) is 0 Å². The normalized spacial score (nSPS) is 10.2. The minimum atomic E-state index is -0.763. The first kappa shape index (κ1) is 12.7. The largest absolute Gasteiger partial charge is 0.321 e. The number of carbonyl (C=O) groups excluding carboxylic acids is 1. The van der Waals surface area contributed by atoms with E-state index < -0.39 is 17.5 Å². The fourth-order valence-corrected chi connectivity index (χ4v) is 1.81. The molecule has 0 spiro atoms. The third-order valence-electron chi connectivity index (χ3n) is 2.30. The molecule has 0 aliphatic heterocycles. The van der Waals surface area contributed by atoms with Gasteiger partial charge in [-0.05, 0) is 46.3 Å². The number of nitrogens with one attached hydrogen (secondary N) is 1. The van der Waals surface area contributed by atoms with Crippen molar-refractivity contribution in [1.29, 1.82) is 0 Å². The topological polar surface area (TPSA) is 29.1 Å². The second kappa shape index (κ2) is 5.27. The first-order valence-corrected chi connectivity index (χ1v) is 5.88. The van der Waals surface area contributed by atoms with Crippen molar-refractivity contribution in [1.82, 2.24) is 0 Å². The molecule has 0 aromatic heterocycles. The molecule has 1 amide bonds. The second-order valence-corrected chi connectivity index (χ2v) is 4.41. The fraction of sp³-hybridized carbons (Fsp3) is 0. The molecule has 18 heavy (non-hydrogen) atoms. The van der Waals surface area contributed by atoms with Crippen LogP contribution in [0.15, 0.2) is 46.9 Å². The quantitative estimate of drug-likeness (QED) is 0.893. The van der Waals surface area contributed by atoms with Crippen molar-refractivity contribution in [2.75, 3.05) is 5.32 Å². The van der Waals surface area contributed by atoms with Gasteiger partial charge in [0, 0.05) is 4.47 Å². The van der Waals surface area contributed by atoms with Crippen molar-refractivity contribution in [2.45, 2.75) is 0 Å². The van der Waals surface area contributed by atoms with Gasteiger partial charge in [0.15, 0.2) is 0 Å². The summed E-state index contributed by atoms with van der Waals surface area (Å²) in [6, 6.07) is 9.64. The van der Waals surface area contributed by atoms with Crippen LogP contribution in [0.3, 0.4) is 0 Å². The Morgan fingerprint density at radius 2 is 1.83 bits per heavy atom. The van der Waals surface area contributed by atoms with E-state index in [1.165, 1.54) is 0 Å². The number of amides is 1. The Balaban J connectivity index is 2.28. The molecule has 0 atom stereocenters. The van der Waals surface area contributed by atoms with Crippen LogP contribution in [-0.4, -0.2) is 5.91 Å². The lowest BCUT2D eigenvalue weighted by molar-refractivity contribution is 0.102. The van der Waals surface area contributed by atoms with Gasteiger partial charge < -0.3 is 5.32 Å². The molecule has 2 aromatic carbocycles. The smallest absolute Gasteiger partial charge is 0.258 e. The Labute approximate surface area is 111 Å². The predicted octanol–water partition coefficient (Wildman–Crippen LogP) is 3.98. The van der Waals surface area contributed by atoms with E-state index in [2.05, 4.69) is 21.2 Å². The molecule has 0 unspecified atom stereocenters. The van der Waals surface area contributed by atoms with Crippen molar-refractivity contribution in [2.24, 2.45) is 0 Å². The van der Waals surface area contributed by atoms with Gasteiger partial charge in [-0.3, -0.25) is 4.79 Å². The Morgan fingerprint density at radius 1 is 1.11 bits per heavy atom. The minimum absolute atomic E-state index is 0.328. The molecule has 1 N–H and O–H groups in total. The van der Waals surface area contributed by atoms with Crippen molar-refractivity contribution in [3.63, 3.8) is 0 Å². The third kappa shape index (κ3) is 2.73. The molecule has 2 aromatic rings. The summed E-state index contributed by atoms with van der Waals surface area (Å²) in [7, 11) is 0. The molecule has 2 rings (SSSR count). The summed E-state index contributed by atoms with van der Waals surface area (Å²) < 4.78 is 27.0. The van der Waals surface area contributed by atoms with Gasteiger partial charge in [-0.15, -0.1) is 0 Å². The maximum Gasteiger partial charge on any atom is 0.258 e. The molecule has 0 bridgehead atoms. The van der Waals surface area contributed by atoms with E-state index in [4.69, 9.17) is 0 Å². The Bertz CT molecular complexity index is 601. The fourth-order valence-electron chi connectivity index (χ4n) is 1.42. The molecule has 0 heterocycles. The van der Waals surface area contributed by atoms with Crippen LogP contribution in [0.4, 0.5) is 14.5 Å². The van der Waals surface area contributed by atoms with E-state index in [1.807, 2.05) is 0 Å². The molecule has 0 fully saturated rings. The average molecular weight is 312 g/mol. The summed E-state index contributed by atoms with van der Waals surface area (Å²) in [5, 5.41) is 2.50. The highest BCUT2D eigenvalue weighted by molar-refractivity contribution is 9.10. The molecule has 0 saturated carbocycles. The maximum atomic E-state index is 13.4. The van der Waals surface area contributed by atoms with Crippen LogP contribution in [0.5, 0.6) is 0 Å². The number of carbonyl (C=O) groups is 1. The van der Waals surface area contributed by atoms with Crippen molar-refractivity contribution >= 4 is 27.5 Å². The number of hydrogen-bond acceptors (Lipinski definition) is 1. The SMILES string of the molecule is O=C(Nc1ccccc1Br)c1cc(F)ccc1F. The molecule has 0 radical (unpaired) electrons. The van der Waals surface area contributed by atoms with Gasteiger partial charge in [0.2, 0.25) is 0 Å². The molecule has 2 nitrogen and oxygen atoms in total. The Kier molecular flexibility index (Phi) is 3.72. The molecule has 92 valence electrons. The zero-order valence-corrected chi connectivity index (χ0v) is 10.7. The van der Waals surface area contributed by atoms with Crippen molar-refractivity contribution in [3.05, 3.63) is 64.1 Å². The zero-order chi connectivity index (χ0) is 13.1. The van der Waals surface area contributed by atoms with Crippen LogP contribution in [0, 0.1) is 11.6 Å². The van der Waals surface area contributed by atoms with E-state index in [9.17, 15) is 13.6 Å². The van der Waals surface area contributed by atoms with Crippen LogP contribution < -0.4 is 5.32 Å². The first-order chi connectivity index (χ1) is 8.58. The van der Waals surface area contributed by atoms with Gasteiger partial charge in [-0.2, -0.15) is 0 Å². The van der Waals surface area contributed by atoms with Gasteiger partial charge in [-0.25, -0.2) is 8.78 Å².